The normalized spacial score (nSPS) is 15.8. The van der Waals surface area contributed by atoms with Crippen LogP contribution in [0.15, 0.2) is 66.0 Å². The number of benzene rings is 2. The number of aromatic nitrogens is 2. The zero-order valence-electron chi connectivity index (χ0n) is 14.5. The summed E-state index contributed by atoms with van der Waals surface area (Å²) >= 11 is 1.53. The fourth-order valence-electron chi connectivity index (χ4n) is 3.35. The lowest BCUT2D eigenvalue weighted by atomic mass is 10.1. The SMILES string of the molecule is O=C([C@H](Sc1ncnc2ccccc12)c1ccccc1)N1CCCCC1. The van der Waals surface area contributed by atoms with Crippen molar-refractivity contribution in [2.75, 3.05) is 13.1 Å². The smallest absolute Gasteiger partial charge is 0.240 e. The minimum absolute atomic E-state index is 0.184. The van der Waals surface area contributed by atoms with Gasteiger partial charge in [-0.3, -0.25) is 4.79 Å². The van der Waals surface area contributed by atoms with Crippen molar-refractivity contribution in [3.8, 4) is 0 Å². The Morgan fingerprint density at radius 3 is 2.46 bits per heavy atom. The Kier molecular flexibility index (Phi) is 5.16. The molecule has 3 aromatic rings. The van der Waals surface area contributed by atoms with Crippen LogP contribution in [0.25, 0.3) is 10.9 Å². The Morgan fingerprint density at radius 1 is 0.923 bits per heavy atom. The second-order valence-electron chi connectivity index (χ2n) is 6.49. The average molecular weight is 363 g/mol. The van der Waals surface area contributed by atoms with Crippen LogP contribution in [0, 0.1) is 0 Å². The number of amides is 1. The van der Waals surface area contributed by atoms with Gasteiger partial charge in [0.25, 0.3) is 0 Å². The molecular weight excluding hydrogens is 342 g/mol. The molecule has 26 heavy (non-hydrogen) atoms. The van der Waals surface area contributed by atoms with Crippen molar-refractivity contribution in [2.45, 2.75) is 29.5 Å². The number of thioether (sulfide) groups is 1. The number of nitrogens with zero attached hydrogens (tertiary/aromatic N) is 3. The maximum atomic E-state index is 13.3. The maximum Gasteiger partial charge on any atom is 0.240 e. The first-order valence-electron chi connectivity index (χ1n) is 9.03. The monoisotopic (exact) mass is 363 g/mol. The Morgan fingerprint density at radius 2 is 1.65 bits per heavy atom. The van der Waals surface area contributed by atoms with Gasteiger partial charge in [0.1, 0.15) is 16.6 Å². The third-order valence-corrected chi connectivity index (χ3v) is 5.99. The summed E-state index contributed by atoms with van der Waals surface area (Å²) < 4.78 is 0. The van der Waals surface area contributed by atoms with Crippen LogP contribution >= 0.6 is 11.8 Å². The third kappa shape index (κ3) is 3.58. The van der Waals surface area contributed by atoms with Gasteiger partial charge in [0.15, 0.2) is 0 Å². The van der Waals surface area contributed by atoms with E-state index in [1.54, 1.807) is 6.33 Å². The number of carbonyl (C=O) groups excluding carboxylic acids is 1. The highest BCUT2D eigenvalue weighted by Crippen LogP contribution is 2.38. The summed E-state index contributed by atoms with van der Waals surface area (Å²) in [7, 11) is 0. The number of hydrogen-bond acceptors (Lipinski definition) is 4. The van der Waals surface area contributed by atoms with Gasteiger partial charge in [-0.1, -0.05) is 60.3 Å². The second-order valence-corrected chi connectivity index (χ2v) is 7.58. The minimum atomic E-state index is -0.285. The summed E-state index contributed by atoms with van der Waals surface area (Å²) in [6, 6.07) is 18.0. The Balaban J connectivity index is 1.69. The van der Waals surface area contributed by atoms with Gasteiger partial charge in [0.2, 0.25) is 5.91 Å². The molecule has 1 fully saturated rings. The molecule has 0 saturated carbocycles. The molecule has 1 atom stereocenters. The first kappa shape index (κ1) is 17.0. The largest absolute Gasteiger partial charge is 0.341 e. The minimum Gasteiger partial charge on any atom is -0.341 e. The van der Waals surface area contributed by atoms with Crippen LogP contribution in [0.1, 0.15) is 30.1 Å². The van der Waals surface area contributed by atoms with E-state index in [9.17, 15) is 4.79 Å². The summed E-state index contributed by atoms with van der Waals surface area (Å²) in [5.41, 5.74) is 1.93. The lowest BCUT2D eigenvalue weighted by molar-refractivity contribution is -0.131. The molecule has 1 aliphatic heterocycles. The number of para-hydroxylation sites is 1. The van der Waals surface area contributed by atoms with Gasteiger partial charge in [-0.05, 0) is 30.9 Å². The van der Waals surface area contributed by atoms with E-state index in [-0.39, 0.29) is 11.2 Å². The molecule has 2 heterocycles. The number of rotatable bonds is 4. The van der Waals surface area contributed by atoms with E-state index in [0.29, 0.717) is 0 Å². The maximum absolute atomic E-state index is 13.3. The molecule has 1 aromatic heterocycles. The summed E-state index contributed by atoms with van der Waals surface area (Å²) in [5, 5.41) is 1.56. The van der Waals surface area contributed by atoms with Crippen LogP contribution in [-0.4, -0.2) is 33.9 Å². The molecule has 0 radical (unpaired) electrons. The van der Waals surface area contributed by atoms with Crippen LogP contribution in [0.2, 0.25) is 0 Å². The van der Waals surface area contributed by atoms with Crippen LogP contribution in [-0.2, 0) is 4.79 Å². The molecule has 5 heteroatoms. The fraction of sp³-hybridized carbons (Fsp3) is 0.286. The molecule has 0 bridgehead atoms. The van der Waals surface area contributed by atoms with Gasteiger partial charge in [-0.15, -0.1) is 0 Å². The molecule has 1 amide bonds. The van der Waals surface area contributed by atoms with Crippen molar-refractivity contribution in [3.63, 3.8) is 0 Å². The van der Waals surface area contributed by atoms with Gasteiger partial charge in [-0.25, -0.2) is 9.97 Å². The number of likely N-dealkylation sites (tertiary alicyclic amines) is 1. The Hall–Kier alpha value is -2.40. The quantitative estimate of drug-likeness (QED) is 0.507. The summed E-state index contributed by atoms with van der Waals surface area (Å²) in [4.78, 5) is 24.1. The summed E-state index contributed by atoms with van der Waals surface area (Å²) in [6.45, 7) is 1.71. The fourth-order valence-corrected chi connectivity index (χ4v) is 4.53. The highest BCUT2D eigenvalue weighted by Gasteiger charge is 2.28. The van der Waals surface area contributed by atoms with Gasteiger partial charge in [0.05, 0.1) is 5.52 Å². The van der Waals surface area contributed by atoms with E-state index in [1.165, 1.54) is 18.2 Å². The molecule has 1 saturated heterocycles. The van der Waals surface area contributed by atoms with Crippen molar-refractivity contribution >= 4 is 28.6 Å². The van der Waals surface area contributed by atoms with Crippen LogP contribution in [0.4, 0.5) is 0 Å². The molecule has 1 aliphatic rings. The van der Waals surface area contributed by atoms with Gasteiger partial charge in [0, 0.05) is 18.5 Å². The van der Waals surface area contributed by atoms with Crippen LogP contribution in [0.5, 0.6) is 0 Å². The van der Waals surface area contributed by atoms with E-state index in [4.69, 9.17) is 0 Å². The molecular formula is C21H21N3OS. The van der Waals surface area contributed by atoms with Gasteiger partial charge in [-0.2, -0.15) is 0 Å². The molecule has 0 unspecified atom stereocenters. The van der Waals surface area contributed by atoms with E-state index >= 15 is 0 Å². The molecule has 4 nitrogen and oxygen atoms in total. The molecule has 0 N–H and O–H groups in total. The number of carbonyl (C=O) groups is 1. The number of piperidine rings is 1. The lowest BCUT2D eigenvalue weighted by Crippen LogP contribution is -2.38. The molecule has 2 aromatic carbocycles. The van der Waals surface area contributed by atoms with Crippen LogP contribution < -0.4 is 0 Å². The Bertz CT molecular complexity index is 889. The number of fused-ring (bicyclic) bond motifs is 1. The van der Waals surface area contributed by atoms with E-state index in [2.05, 4.69) is 9.97 Å². The van der Waals surface area contributed by atoms with Gasteiger partial charge >= 0.3 is 0 Å². The van der Waals surface area contributed by atoms with E-state index in [1.807, 2.05) is 59.5 Å². The third-order valence-electron chi connectivity index (χ3n) is 4.73. The topological polar surface area (TPSA) is 46.1 Å². The van der Waals surface area contributed by atoms with Crippen molar-refractivity contribution in [3.05, 3.63) is 66.5 Å². The highest BCUT2D eigenvalue weighted by molar-refractivity contribution is 8.00. The zero-order valence-corrected chi connectivity index (χ0v) is 15.4. The second kappa shape index (κ2) is 7.87. The van der Waals surface area contributed by atoms with Crippen molar-refractivity contribution < 1.29 is 4.79 Å². The van der Waals surface area contributed by atoms with Crippen LogP contribution in [0.3, 0.4) is 0 Å². The molecule has 132 valence electrons. The van der Waals surface area contributed by atoms with Crippen molar-refractivity contribution in [2.24, 2.45) is 0 Å². The predicted octanol–water partition coefficient (Wildman–Crippen LogP) is 4.48. The van der Waals surface area contributed by atoms with Gasteiger partial charge < -0.3 is 4.90 Å². The van der Waals surface area contributed by atoms with Crippen molar-refractivity contribution in [1.82, 2.24) is 14.9 Å². The Labute approximate surface area is 157 Å². The average Bonchev–Trinajstić information content (AvgIpc) is 2.73. The summed E-state index contributed by atoms with van der Waals surface area (Å²) in [6.07, 6.45) is 4.98. The molecule has 0 spiro atoms. The first-order valence-corrected chi connectivity index (χ1v) is 9.91. The first-order chi connectivity index (χ1) is 12.8. The van der Waals surface area contributed by atoms with Crippen molar-refractivity contribution in [1.29, 1.82) is 0 Å². The van der Waals surface area contributed by atoms with E-state index < -0.39 is 0 Å². The standard InChI is InChI=1S/C21H21N3OS/c25-21(24-13-7-2-8-14-24)19(16-9-3-1-4-10-16)26-20-17-11-5-6-12-18(17)22-15-23-20/h1,3-6,9-12,15,19H,2,7-8,13-14H2/t19-/m1/s1. The zero-order chi connectivity index (χ0) is 17.8. The highest BCUT2D eigenvalue weighted by atomic mass is 32.2. The summed E-state index contributed by atoms with van der Waals surface area (Å²) in [5.74, 6) is 0.184. The molecule has 4 rings (SSSR count). The predicted molar refractivity (Wildman–Crippen MR) is 105 cm³/mol. The lowest BCUT2D eigenvalue weighted by Gasteiger charge is -2.30. The van der Waals surface area contributed by atoms with E-state index in [0.717, 1.165) is 47.4 Å². The number of hydrogen-bond donors (Lipinski definition) is 0. The molecule has 0 aliphatic carbocycles.